The van der Waals surface area contributed by atoms with Gasteiger partial charge in [0.2, 0.25) is 0 Å². The predicted molar refractivity (Wildman–Crippen MR) is 83.5 cm³/mol. The fourth-order valence-electron chi connectivity index (χ4n) is 2.53. The first kappa shape index (κ1) is 15.5. The van der Waals surface area contributed by atoms with Gasteiger partial charge in [-0.05, 0) is 45.4 Å². The van der Waals surface area contributed by atoms with Gasteiger partial charge in [-0.3, -0.25) is 9.67 Å². The maximum atomic E-state index is 5.48. The zero-order chi connectivity index (χ0) is 15.2. The molecule has 0 saturated heterocycles. The molecule has 1 atom stereocenters. The summed E-state index contributed by atoms with van der Waals surface area (Å²) in [7, 11) is 3.67. The van der Waals surface area contributed by atoms with Gasteiger partial charge in [0.25, 0.3) is 0 Å². The molecule has 2 aromatic heterocycles. The maximum absolute atomic E-state index is 5.48. The zero-order valence-electron chi connectivity index (χ0n) is 13.2. The fourth-order valence-corrected chi connectivity index (χ4v) is 2.53. The number of hydrogen-bond acceptors (Lipinski definition) is 4. The topological polar surface area (TPSA) is 52.0 Å². The molecule has 0 aliphatic rings. The van der Waals surface area contributed by atoms with Crippen molar-refractivity contribution in [3.8, 4) is 5.75 Å². The number of hydrogen-bond donors (Lipinski definition) is 1. The summed E-state index contributed by atoms with van der Waals surface area (Å²) in [6.07, 6.45) is 7.45. The number of nitrogens with one attached hydrogen (secondary N) is 1. The average Bonchev–Trinajstić information content (AvgIpc) is 2.93. The quantitative estimate of drug-likeness (QED) is 0.851. The molecule has 2 heterocycles. The molecule has 0 amide bonds. The summed E-state index contributed by atoms with van der Waals surface area (Å²) >= 11 is 0. The highest BCUT2D eigenvalue weighted by molar-refractivity contribution is 5.29. The minimum Gasteiger partial charge on any atom is -0.493 e. The van der Waals surface area contributed by atoms with Crippen molar-refractivity contribution < 1.29 is 4.74 Å². The van der Waals surface area contributed by atoms with Gasteiger partial charge in [0.15, 0.2) is 5.75 Å². The van der Waals surface area contributed by atoms with Crippen molar-refractivity contribution in [3.63, 3.8) is 0 Å². The lowest BCUT2D eigenvalue weighted by Gasteiger charge is -2.21. The highest BCUT2D eigenvalue weighted by Gasteiger charge is 2.21. The van der Waals surface area contributed by atoms with Crippen molar-refractivity contribution in [2.45, 2.75) is 38.8 Å². The smallest absolute Gasteiger partial charge is 0.161 e. The van der Waals surface area contributed by atoms with E-state index in [0.29, 0.717) is 6.04 Å². The molecule has 1 unspecified atom stereocenters. The minimum atomic E-state index is 0.199. The van der Waals surface area contributed by atoms with Gasteiger partial charge in [0.1, 0.15) is 0 Å². The molecule has 21 heavy (non-hydrogen) atoms. The highest BCUT2D eigenvalue weighted by atomic mass is 16.5. The highest BCUT2D eigenvalue weighted by Crippen LogP contribution is 2.30. The standard InChI is InChI=1S/C16H24N4O/c1-12(2)20-16(15(21-4)11-19-20)14(17-3)8-7-13-6-5-9-18-10-13/h5-6,9-12,14,17H,7-8H2,1-4H3. The van der Waals surface area contributed by atoms with Crippen molar-refractivity contribution in [2.24, 2.45) is 0 Å². The molecule has 1 N–H and O–H groups in total. The number of pyridine rings is 1. The van der Waals surface area contributed by atoms with Crippen LogP contribution in [-0.2, 0) is 6.42 Å². The molecular weight excluding hydrogens is 264 g/mol. The third kappa shape index (κ3) is 3.61. The van der Waals surface area contributed by atoms with Crippen LogP contribution < -0.4 is 10.1 Å². The lowest BCUT2D eigenvalue weighted by molar-refractivity contribution is 0.383. The number of ether oxygens (including phenoxy) is 1. The lowest BCUT2D eigenvalue weighted by Crippen LogP contribution is -2.22. The first-order chi connectivity index (χ1) is 10.2. The Bertz CT molecular complexity index is 551. The van der Waals surface area contributed by atoms with Crippen LogP contribution in [0.2, 0.25) is 0 Å². The molecule has 2 aromatic rings. The maximum Gasteiger partial charge on any atom is 0.161 e. The van der Waals surface area contributed by atoms with E-state index in [-0.39, 0.29) is 6.04 Å². The van der Waals surface area contributed by atoms with Crippen LogP contribution in [-0.4, -0.2) is 28.9 Å². The van der Waals surface area contributed by atoms with E-state index in [2.05, 4.69) is 35.3 Å². The first-order valence-electron chi connectivity index (χ1n) is 7.35. The van der Waals surface area contributed by atoms with Gasteiger partial charge in [-0.15, -0.1) is 0 Å². The Morgan fingerprint density at radius 3 is 2.71 bits per heavy atom. The summed E-state index contributed by atoms with van der Waals surface area (Å²) in [6, 6.07) is 4.59. The molecule has 0 spiro atoms. The summed E-state index contributed by atoms with van der Waals surface area (Å²) in [5, 5.41) is 7.83. The van der Waals surface area contributed by atoms with Gasteiger partial charge >= 0.3 is 0 Å². The van der Waals surface area contributed by atoms with Crippen LogP contribution in [0.5, 0.6) is 5.75 Å². The zero-order valence-corrected chi connectivity index (χ0v) is 13.2. The molecule has 0 saturated carbocycles. The van der Waals surface area contributed by atoms with Crippen LogP contribution in [0.3, 0.4) is 0 Å². The van der Waals surface area contributed by atoms with Crippen LogP contribution >= 0.6 is 0 Å². The van der Waals surface area contributed by atoms with Crippen LogP contribution in [0.1, 0.15) is 43.6 Å². The van der Waals surface area contributed by atoms with Crippen molar-refractivity contribution in [3.05, 3.63) is 42.0 Å². The molecule has 0 aromatic carbocycles. The van der Waals surface area contributed by atoms with Crippen LogP contribution in [0, 0.1) is 0 Å². The van der Waals surface area contributed by atoms with Crippen LogP contribution in [0.15, 0.2) is 30.7 Å². The lowest BCUT2D eigenvalue weighted by atomic mass is 10.0. The Morgan fingerprint density at radius 2 is 2.14 bits per heavy atom. The van der Waals surface area contributed by atoms with Crippen molar-refractivity contribution >= 4 is 0 Å². The Hall–Kier alpha value is -1.88. The number of aryl methyl sites for hydroxylation is 1. The normalized spacial score (nSPS) is 12.6. The van der Waals surface area contributed by atoms with Crippen molar-refractivity contribution in [1.82, 2.24) is 20.1 Å². The summed E-state index contributed by atoms with van der Waals surface area (Å²) in [6.45, 7) is 4.26. The molecule has 5 nitrogen and oxygen atoms in total. The third-order valence-corrected chi connectivity index (χ3v) is 3.63. The Balaban J connectivity index is 2.19. The fraction of sp³-hybridized carbons (Fsp3) is 0.500. The van der Waals surface area contributed by atoms with E-state index in [0.717, 1.165) is 24.3 Å². The van der Waals surface area contributed by atoms with Gasteiger partial charge in [0.05, 0.1) is 25.0 Å². The van der Waals surface area contributed by atoms with E-state index >= 15 is 0 Å². The van der Waals surface area contributed by atoms with E-state index in [1.807, 2.05) is 24.0 Å². The van der Waals surface area contributed by atoms with Gasteiger partial charge in [-0.25, -0.2) is 0 Å². The molecule has 2 rings (SSSR count). The van der Waals surface area contributed by atoms with Gasteiger partial charge in [-0.2, -0.15) is 5.10 Å². The molecular formula is C16H24N4O. The molecule has 114 valence electrons. The second-order valence-electron chi connectivity index (χ2n) is 5.38. The number of nitrogens with zero attached hydrogens (tertiary/aromatic N) is 3. The number of methoxy groups -OCH3 is 1. The summed E-state index contributed by atoms with van der Waals surface area (Å²) in [5.74, 6) is 0.842. The first-order valence-corrected chi connectivity index (χ1v) is 7.35. The Labute approximate surface area is 126 Å². The average molecular weight is 288 g/mol. The van der Waals surface area contributed by atoms with Crippen molar-refractivity contribution in [2.75, 3.05) is 14.2 Å². The summed E-state index contributed by atoms with van der Waals surface area (Å²) in [4.78, 5) is 4.17. The number of rotatable bonds is 7. The van der Waals surface area contributed by atoms with Gasteiger partial charge in [0, 0.05) is 18.4 Å². The largest absolute Gasteiger partial charge is 0.493 e. The molecule has 5 heteroatoms. The Kier molecular flexibility index (Phi) is 5.33. The molecule has 0 radical (unpaired) electrons. The molecule has 0 aliphatic carbocycles. The third-order valence-electron chi connectivity index (χ3n) is 3.63. The summed E-state index contributed by atoms with van der Waals surface area (Å²) in [5.41, 5.74) is 2.35. The second-order valence-corrected chi connectivity index (χ2v) is 5.38. The van der Waals surface area contributed by atoms with E-state index < -0.39 is 0 Å². The number of aromatic nitrogens is 3. The monoisotopic (exact) mass is 288 g/mol. The van der Waals surface area contributed by atoms with E-state index in [1.54, 1.807) is 19.5 Å². The van der Waals surface area contributed by atoms with Crippen LogP contribution in [0.4, 0.5) is 0 Å². The molecule has 0 bridgehead atoms. The van der Waals surface area contributed by atoms with Gasteiger partial charge < -0.3 is 10.1 Å². The van der Waals surface area contributed by atoms with Crippen LogP contribution in [0.25, 0.3) is 0 Å². The van der Waals surface area contributed by atoms with Crippen molar-refractivity contribution in [1.29, 1.82) is 0 Å². The molecule has 0 fully saturated rings. The second kappa shape index (κ2) is 7.22. The van der Waals surface area contributed by atoms with E-state index in [1.165, 1.54) is 5.56 Å². The van der Waals surface area contributed by atoms with E-state index in [9.17, 15) is 0 Å². The SMILES string of the molecule is CNC(CCc1cccnc1)c1c(OC)cnn1C(C)C. The predicted octanol–water partition coefficient (Wildman–Crippen LogP) is 2.76. The van der Waals surface area contributed by atoms with Gasteiger partial charge in [-0.1, -0.05) is 6.07 Å². The Morgan fingerprint density at radius 1 is 1.33 bits per heavy atom. The summed E-state index contributed by atoms with van der Waals surface area (Å²) < 4.78 is 7.51. The minimum absolute atomic E-state index is 0.199. The molecule has 0 aliphatic heterocycles. The van der Waals surface area contributed by atoms with E-state index in [4.69, 9.17) is 4.74 Å².